The standard InChI is InChI=1S/C9H8N2O4S2/c12-1-2-16-9-10-6(13)5-4(8(14)15)3-17-7(5)11-9/h3,12H,1-2H2,(H,14,15)(H,10,11,13). The number of aromatic nitrogens is 2. The Hall–Kier alpha value is -1.38. The van der Waals surface area contributed by atoms with Crippen LogP contribution in [0.4, 0.5) is 0 Å². The number of carbonyl (C=O) groups is 1. The number of hydrogen-bond donors (Lipinski definition) is 3. The van der Waals surface area contributed by atoms with Crippen LogP contribution in [-0.4, -0.2) is 38.5 Å². The number of nitrogens with one attached hydrogen (secondary N) is 1. The number of aliphatic hydroxyl groups excluding tert-OH is 1. The van der Waals surface area contributed by atoms with E-state index in [1.54, 1.807) is 0 Å². The lowest BCUT2D eigenvalue weighted by Crippen LogP contribution is -2.11. The fraction of sp³-hybridized carbons (Fsp3) is 0.222. The van der Waals surface area contributed by atoms with E-state index in [1.807, 2.05) is 0 Å². The third kappa shape index (κ3) is 2.33. The van der Waals surface area contributed by atoms with Crippen molar-refractivity contribution in [3.05, 3.63) is 21.3 Å². The first-order valence-corrected chi connectivity index (χ1v) is 6.48. The summed E-state index contributed by atoms with van der Waals surface area (Å²) in [5.74, 6) is -0.717. The predicted molar refractivity (Wildman–Crippen MR) is 65.0 cm³/mol. The molecule has 0 radical (unpaired) electrons. The fourth-order valence-electron chi connectivity index (χ4n) is 1.30. The van der Waals surface area contributed by atoms with Crippen molar-refractivity contribution >= 4 is 39.3 Å². The average Bonchev–Trinajstić information content (AvgIpc) is 2.70. The quantitative estimate of drug-likeness (QED) is 0.561. The summed E-state index contributed by atoms with van der Waals surface area (Å²) in [6, 6.07) is 0. The summed E-state index contributed by atoms with van der Waals surface area (Å²) < 4.78 is 0. The van der Waals surface area contributed by atoms with Crippen molar-refractivity contribution in [2.45, 2.75) is 5.16 Å². The van der Waals surface area contributed by atoms with E-state index in [4.69, 9.17) is 10.2 Å². The molecule has 0 aliphatic heterocycles. The summed E-state index contributed by atoms with van der Waals surface area (Å²) in [5, 5.41) is 19.5. The zero-order chi connectivity index (χ0) is 12.4. The molecule has 0 aliphatic carbocycles. The van der Waals surface area contributed by atoms with Gasteiger partial charge in [0.1, 0.15) is 4.83 Å². The van der Waals surface area contributed by atoms with Gasteiger partial charge in [-0.1, -0.05) is 11.8 Å². The molecule has 2 aromatic rings. The molecular weight excluding hydrogens is 264 g/mol. The van der Waals surface area contributed by atoms with Gasteiger partial charge in [0, 0.05) is 11.1 Å². The second-order valence-corrected chi connectivity index (χ2v) is 5.02. The summed E-state index contributed by atoms with van der Waals surface area (Å²) in [6.07, 6.45) is 0. The Morgan fingerprint density at radius 2 is 2.35 bits per heavy atom. The number of carboxylic acids is 1. The van der Waals surface area contributed by atoms with Crippen LogP contribution in [0.1, 0.15) is 10.4 Å². The summed E-state index contributed by atoms with van der Waals surface area (Å²) in [4.78, 5) is 29.6. The van der Waals surface area contributed by atoms with E-state index in [0.717, 1.165) is 11.3 Å². The second kappa shape index (κ2) is 4.86. The molecule has 0 aliphatic rings. The van der Waals surface area contributed by atoms with Crippen molar-refractivity contribution in [1.29, 1.82) is 0 Å². The highest BCUT2D eigenvalue weighted by Crippen LogP contribution is 2.23. The maximum absolute atomic E-state index is 11.7. The highest BCUT2D eigenvalue weighted by molar-refractivity contribution is 7.99. The molecule has 17 heavy (non-hydrogen) atoms. The van der Waals surface area contributed by atoms with Gasteiger partial charge in [0.15, 0.2) is 5.16 Å². The number of thiophene rings is 1. The first kappa shape index (κ1) is 12.1. The van der Waals surface area contributed by atoms with Gasteiger partial charge in [0.25, 0.3) is 5.56 Å². The number of thioether (sulfide) groups is 1. The highest BCUT2D eigenvalue weighted by Gasteiger charge is 2.16. The maximum atomic E-state index is 11.7. The lowest BCUT2D eigenvalue weighted by atomic mass is 10.2. The number of nitrogens with zero attached hydrogens (tertiary/aromatic N) is 1. The van der Waals surface area contributed by atoms with Crippen LogP contribution in [0.25, 0.3) is 10.2 Å². The molecule has 6 nitrogen and oxygen atoms in total. The number of carboxylic acid groups (broad SMARTS) is 1. The smallest absolute Gasteiger partial charge is 0.337 e. The number of aromatic carboxylic acids is 1. The number of hydrogen-bond acceptors (Lipinski definition) is 6. The molecule has 2 aromatic heterocycles. The highest BCUT2D eigenvalue weighted by atomic mass is 32.2. The van der Waals surface area contributed by atoms with E-state index in [0.29, 0.717) is 15.7 Å². The van der Waals surface area contributed by atoms with Crippen molar-refractivity contribution < 1.29 is 15.0 Å². The van der Waals surface area contributed by atoms with Gasteiger partial charge in [-0.25, -0.2) is 9.78 Å². The van der Waals surface area contributed by atoms with E-state index in [-0.39, 0.29) is 17.6 Å². The summed E-state index contributed by atoms with van der Waals surface area (Å²) in [7, 11) is 0. The summed E-state index contributed by atoms with van der Waals surface area (Å²) >= 11 is 2.33. The summed E-state index contributed by atoms with van der Waals surface area (Å²) in [5.41, 5.74) is -0.494. The first-order chi connectivity index (χ1) is 8.13. The predicted octanol–water partition coefficient (Wildman–Crippen LogP) is 0.767. The van der Waals surface area contributed by atoms with Crippen molar-refractivity contribution in [3.63, 3.8) is 0 Å². The molecule has 0 aromatic carbocycles. The number of rotatable bonds is 4. The molecule has 2 heterocycles. The molecule has 0 unspecified atom stereocenters. The number of aromatic amines is 1. The third-order valence-corrected chi connectivity index (χ3v) is 3.71. The Bertz CT molecular complexity index is 619. The Morgan fingerprint density at radius 3 is 3.00 bits per heavy atom. The SMILES string of the molecule is O=C(O)c1csc2nc(SCCO)[nH]c(=O)c12. The van der Waals surface area contributed by atoms with Crippen molar-refractivity contribution in [1.82, 2.24) is 9.97 Å². The van der Waals surface area contributed by atoms with E-state index >= 15 is 0 Å². The molecule has 0 fully saturated rings. The van der Waals surface area contributed by atoms with Gasteiger partial charge < -0.3 is 15.2 Å². The molecule has 0 saturated heterocycles. The van der Waals surface area contributed by atoms with Crippen LogP contribution in [-0.2, 0) is 0 Å². The van der Waals surface area contributed by atoms with Gasteiger partial charge in [-0.15, -0.1) is 11.3 Å². The van der Waals surface area contributed by atoms with Crippen LogP contribution in [0.15, 0.2) is 15.3 Å². The van der Waals surface area contributed by atoms with Crippen molar-refractivity contribution in [3.8, 4) is 0 Å². The van der Waals surface area contributed by atoms with Gasteiger partial charge in [0.05, 0.1) is 17.6 Å². The molecule has 2 rings (SSSR count). The second-order valence-electron chi connectivity index (χ2n) is 3.08. The molecule has 90 valence electrons. The number of aliphatic hydroxyl groups is 1. The minimum absolute atomic E-state index is 0.0166. The van der Waals surface area contributed by atoms with E-state index in [9.17, 15) is 9.59 Å². The van der Waals surface area contributed by atoms with E-state index in [1.165, 1.54) is 17.1 Å². The monoisotopic (exact) mass is 272 g/mol. The largest absolute Gasteiger partial charge is 0.478 e. The van der Waals surface area contributed by atoms with Crippen LogP contribution in [0.5, 0.6) is 0 Å². The Labute approximate surface area is 103 Å². The molecule has 3 N–H and O–H groups in total. The molecular formula is C9H8N2O4S2. The lowest BCUT2D eigenvalue weighted by Gasteiger charge is -1.98. The van der Waals surface area contributed by atoms with E-state index < -0.39 is 11.5 Å². The first-order valence-electron chi connectivity index (χ1n) is 4.62. The molecule has 8 heteroatoms. The van der Waals surface area contributed by atoms with Gasteiger partial charge >= 0.3 is 5.97 Å². The zero-order valence-corrected chi connectivity index (χ0v) is 10.1. The van der Waals surface area contributed by atoms with Crippen LogP contribution >= 0.6 is 23.1 Å². The summed E-state index contributed by atoms with van der Waals surface area (Å²) in [6.45, 7) is -0.0166. The minimum atomic E-state index is -1.14. The van der Waals surface area contributed by atoms with Crippen molar-refractivity contribution in [2.75, 3.05) is 12.4 Å². The van der Waals surface area contributed by atoms with Crippen molar-refractivity contribution in [2.24, 2.45) is 0 Å². The van der Waals surface area contributed by atoms with Crippen LogP contribution in [0.3, 0.4) is 0 Å². The Balaban J connectivity index is 2.54. The van der Waals surface area contributed by atoms with Crippen LogP contribution in [0, 0.1) is 0 Å². The molecule has 0 amide bonds. The maximum Gasteiger partial charge on any atom is 0.337 e. The van der Waals surface area contributed by atoms with Gasteiger partial charge in [-0.2, -0.15) is 0 Å². The molecule has 0 saturated carbocycles. The Kier molecular flexibility index (Phi) is 3.46. The van der Waals surface area contributed by atoms with Gasteiger partial charge in [0.2, 0.25) is 0 Å². The number of fused-ring (bicyclic) bond motifs is 1. The topological polar surface area (TPSA) is 103 Å². The minimum Gasteiger partial charge on any atom is -0.478 e. The molecule has 0 bridgehead atoms. The normalized spacial score (nSPS) is 10.9. The fourth-order valence-corrected chi connectivity index (χ4v) is 2.87. The van der Waals surface area contributed by atoms with Crippen LogP contribution in [0.2, 0.25) is 0 Å². The molecule has 0 atom stereocenters. The third-order valence-electron chi connectivity index (χ3n) is 1.98. The average molecular weight is 272 g/mol. The number of H-pyrrole nitrogens is 1. The van der Waals surface area contributed by atoms with Gasteiger partial charge in [-0.3, -0.25) is 4.79 Å². The zero-order valence-electron chi connectivity index (χ0n) is 8.47. The van der Waals surface area contributed by atoms with Crippen LogP contribution < -0.4 is 5.56 Å². The van der Waals surface area contributed by atoms with Gasteiger partial charge in [-0.05, 0) is 0 Å². The lowest BCUT2D eigenvalue weighted by molar-refractivity contribution is 0.0699. The molecule has 0 spiro atoms. The van der Waals surface area contributed by atoms with E-state index in [2.05, 4.69) is 9.97 Å². The Morgan fingerprint density at radius 1 is 1.59 bits per heavy atom.